The van der Waals surface area contributed by atoms with E-state index in [0.717, 1.165) is 17.9 Å². The first kappa shape index (κ1) is 10.8. The molecular formula is C11H14N4O. The Labute approximate surface area is 93.9 Å². The van der Waals surface area contributed by atoms with Gasteiger partial charge in [-0.3, -0.25) is 4.98 Å². The maximum absolute atomic E-state index is 4.62. The average molecular weight is 218 g/mol. The lowest BCUT2D eigenvalue weighted by molar-refractivity contribution is 0.300. The van der Waals surface area contributed by atoms with Crippen LogP contribution < -0.4 is 5.32 Å². The first-order valence-corrected chi connectivity index (χ1v) is 5.15. The molecule has 2 aromatic rings. The quantitative estimate of drug-likeness (QED) is 0.839. The highest BCUT2D eigenvalue weighted by molar-refractivity contribution is 5.21. The molecule has 2 heterocycles. The summed E-state index contributed by atoms with van der Waals surface area (Å²) >= 11 is 0. The van der Waals surface area contributed by atoms with Crippen molar-refractivity contribution in [2.45, 2.75) is 26.9 Å². The normalized spacial score (nSPS) is 10.6. The van der Waals surface area contributed by atoms with Gasteiger partial charge in [0.05, 0.1) is 0 Å². The van der Waals surface area contributed by atoms with Gasteiger partial charge in [-0.05, 0) is 31.0 Å². The van der Waals surface area contributed by atoms with E-state index in [4.69, 9.17) is 0 Å². The van der Waals surface area contributed by atoms with E-state index in [1.54, 1.807) is 6.20 Å². The van der Waals surface area contributed by atoms with Gasteiger partial charge in [0.25, 0.3) is 0 Å². The number of nitrogens with one attached hydrogen (secondary N) is 1. The van der Waals surface area contributed by atoms with Crippen LogP contribution in [-0.2, 0) is 13.1 Å². The SMILES string of the molecule is Cc1ccncc1CNCc1nonc1C. The van der Waals surface area contributed by atoms with Crippen LogP contribution in [0.25, 0.3) is 0 Å². The molecule has 0 bridgehead atoms. The molecule has 5 heteroatoms. The largest absolute Gasteiger partial charge is 0.307 e. The van der Waals surface area contributed by atoms with Crippen LogP contribution in [-0.4, -0.2) is 15.3 Å². The van der Waals surface area contributed by atoms with Crippen molar-refractivity contribution < 1.29 is 4.63 Å². The summed E-state index contributed by atoms with van der Waals surface area (Å²) in [5.74, 6) is 0. The number of aromatic nitrogens is 3. The summed E-state index contributed by atoms with van der Waals surface area (Å²) in [6, 6.07) is 2.00. The monoisotopic (exact) mass is 218 g/mol. The predicted molar refractivity (Wildman–Crippen MR) is 58.6 cm³/mol. The van der Waals surface area contributed by atoms with Crippen molar-refractivity contribution in [2.75, 3.05) is 0 Å². The Morgan fingerprint density at radius 1 is 1.25 bits per heavy atom. The molecule has 84 valence electrons. The van der Waals surface area contributed by atoms with Gasteiger partial charge in [-0.25, -0.2) is 4.63 Å². The number of hydrogen-bond donors (Lipinski definition) is 1. The van der Waals surface area contributed by atoms with Crippen LogP contribution >= 0.6 is 0 Å². The molecule has 2 aromatic heterocycles. The molecule has 0 radical (unpaired) electrons. The van der Waals surface area contributed by atoms with Gasteiger partial charge in [0, 0.05) is 25.5 Å². The lowest BCUT2D eigenvalue weighted by atomic mass is 10.1. The summed E-state index contributed by atoms with van der Waals surface area (Å²) in [4.78, 5) is 4.09. The second kappa shape index (κ2) is 4.85. The van der Waals surface area contributed by atoms with Gasteiger partial charge >= 0.3 is 0 Å². The Morgan fingerprint density at radius 2 is 2.12 bits per heavy atom. The molecule has 0 aliphatic heterocycles. The van der Waals surface area contributed by atoms with Gasteiger partial charge in [-0.1, -0.05) is 10.3 Å². The standard InChI is InChI=1S/C11H14N4O/c1-8-3-4-12-5-10(8)6-13-7-11-9(2)14-16-15-11/h3-5,13H,6-7H2,1-2H3. The molecule has 0 aromatic carbocycles. The third-order valence-corrected chi connectivity index (χ3v) is 2.50. The van der Waals surface area contributed by atoms with E-state index in [9.17, 15) is 0 Å². The zero-order valence-corrected chi connectivity index (χ0v) is 9.40. The van der Waals surface area contributed by atoms with E-state index in [1.165, 1.54) is 11.1 Å². The van der Waals surface area contributed by atoms with Crippen molar-refractivity contribution >= 4 is 0 Å². The van der Waals surface area contributed by atoms with E-state index >= 15 is 0 Å². The summed E-state index contributed by atoms with van der Waals surface area (Å²) in [5.41, 5.74) is 4.10. The molecule has 0 amide bonds. The third kappa shape index (κ3) is 2.43. The highest BCUT2D eigenvalue weighted by atomic mass is 16.6. The fraction of sp³-hybridized carbons (Fsp3) is 0.364. The first-order valence-electron chi connectivity index (χ1n) is 5.15. The summed E-state index contributed by atoms with van der Waals surface area (Å²) in [6.45, 7) is 5.38. The lowest BCUT2D eigenvalue weighted by Crippen LogP contribution is -2.14. The fourth-order valence-corrected chi connectivity index (χ4v) is 1.41. The van der Waals surface area contributed by atoms with E-state index < -0.39 is 0 Å². The Hall–Kier alpha value is -1.75. The van der Waals surface area contributed by atoms with Crippen LogP contribution in [0, 0.1) is 13.8 Å². The maximum Gasteiger partial charge on any atom is 0.121 e. The number of rotatable bonds is 4. The molecular weight excluding hydrogens is 204 g/mol. The van der Waals surface area contributed by atoms with Crippen molar-refractivity contribution in [3.05, 3.63) is 41.0 Å². The van der Waals surface area contributed by atoms with Gasteiger partial charge < -0.3 is 5.32 Å². The van der Waals surface area contributed by atoms with Crippen molar-refractivity contribution in [3.63, 3.8) is 0 Å². The number of nitrogens with zero attached hydrogens (tertiary/aromatic N) is 3. The smallest absolute Gasteiger partial charge is 0.121 e. The van der Waals surface area contributed by atoms with Gasteiger partial charge in [-0.15, -0.1) is 0 Å². The summed E-state index contributed by atoms with van der Waals surface area (Å²) in [5, 5.41) is 10.8. The second-order valence-corrected chi connectivity index (χ2v) is 3.70. The molecule has 2 rings (SSSR count). The zero-order valence-electron chi connectivity index (χ0n) is 9.40. The van der Waals surface area contributed by atoms with Crippen molar-refractivity contribution in [3.8, 4) is 0 Å². The van der Waals surface area contributed by atoms with Gasteiger partial charge in [-0.2, -0.15) is 0 Å². The molecule has 0 fully saturated rings. The average Bonchev–Trinajstić information content (AvgIpc) is 2.67. The van der Waals surface area contributed by atoms with E-state index in [-0.39, 0.29) is 0 Å². The summed E-state index contributed by atoms with van der Waals surface area (Å²) in [6.07, 6.45) is 3.67. The second-order valence-electron chi connectivity index (χ2n) is 3.70. The molecule has 5 nitrogen and oxygen atoms in total. The van der Waals surface area contributed by atoms with Crippen molar-refractivity contribution in [2.24, 2.45) is 0 Å². The Morgan fingerprint density at radius 3 is 2.81 bits per heavy atom. The topological polar surface area (TPSA) is 63.8 Å². The minimum Gasteiger partial charge on any atom is -0.307 e. The number of pyridine rings is 1. The van der Waals surface area contributed by atoms with Gasteiger partial charge in [0.15, 0.2) is 0 Å². The van der Waals surface area contributed by atoms with Crippen LogP contribution in [0.1, 0.15) is 22.5 Å². The van der Waals surface area contributed by atoms with Gasteiger partial charge in [0.2, 0.25) is 0 Å². The third-order valence-electron chi connectivity index (χ3n) is 2.50. The molecule has 0 saturated heterocycles. The molecule has 0 aliphatic rings. The maximum atomic E-state index is 4.62. The van der Waals surface area contributed by atoms with Crippen molar-refractivity contribution in [1.29, 1.82) is 0 Å². The summed E-state index contributed by atoms with van der Waals surface area (Å²) < 4.78 is 4.62. The number of hydrogen-bond acceptors (Lipinski definition) is 5. The van der Waals surface area contributed by atoms with E-state index in [0.29, 0.717) is 6.54 Å². The zero-order chi connectivity index (χ0) is 11.4. The highest BCUT2D eigenvalue weighted by Gasteiger charge is 2.04. The molecule has 0 atom stereocenters. The molecule has 0 unspecified atom stereocenters. The minimum absolute atomic E-state index is 0.656. The molecule has 0 spiro atoms. The molecule has 1 N–H and O–H groups in total. The highest BCUT2D eigenvalue weighted by Crippen LogP contribution is 2.05. The predicted octanol–water partition coefficient (Wildman–Crippen LogP) is 1.37. The lowest BCUT2D eigenvalue weighted by Gasteiger charge is -2.05. The van der Waals surface area contributed by atoms with Crippen LogP contribution in [0.3, 0.4) is 0 Å². The Balaban J connectivity index is 1.89. The minimum atomic E-state index is 0.656. The summed E-state index contributed by atoms with van der Waals surface area (Å²) in [7, 11) is 0. The van der Waals surface area contributed by atoms with Crippen LogP contribution in [0.2, 0.25) is 0 Å². The van der Waals surface area contributed by atoms with E-state index in [2.05, 4.69) is 32.2 Å². The Kier molecular flexibility index (Phi) is 3.26. The fourth-order valence-electron chi connectivity index (χ4n) is 1.41. The molecule has 16 heavy (non-hydrogen) atoms. The molecule has 0 saturated carbocycles. The number of aryl methyl sites for hydroxylation is 2. The van der Waals surface area contributed by atoms with E-state index in [1.807, 2.05) is 19.2 Å². The molecule has 0 aliphatic carbocycles. The van der Waals surface area contributed by atoms with Gasteiger partial charge in [0.1, 0.15) is 11.4 Å². The Bertz CT molecular complexity index is 467. The van der Waals surface area contributed by atoms with Crippen LogP contribution in [0.4, 0.5) is 0 Å². The van der Waals surface area contributed by atoms with Crippen molar-refractivity contribution in [1.82, 2.24) is 20.6 Å². The van der Waals surface area contributed by atoms with Crippen LogP contribution in [0.15, 0.2) is 23.1 Å². The van der Waals surface area contributed by atoms with Crippen LogP contribution in [0.5, 0.6) is 0 Å². The first-order chi connectivity index (χ1) is 7.77.